The van der Waals surface area contributed by atoms with Crippen molar-refractivity contribution in [2.45, 2.75) is 57.7 Å². The third-order valence-corrected chi connectivity index (χ3v) is 4.85. The number of rotatable bonds is 4. The normalized spacial score (nSPS) is 19.0. The molecule has 1 fully saturated rings. The number of fused-ring (bicyclic) bond motifs is 1. The monoisotopic (exact) mass is 320 g/mol. The first-order chi connectivity index (χ1) is 11.1. The molecule has 126 valence electrons. The largest absolute Gasteiger partial charge is 0.467 e. The molecule has 0 spiro atoms. The first kappa shape index (κ1) is 16.2. The van der Waals surface area contributed by atoms with E-state index in [1.165, 1.54) is 38.5 Å². The predicted octanol–water partition coefficient (Wildman–Crippen LogP) is 3.62. The van der Waals surface area contributed by atoms with Gasteiger partial charge in [-0.2, -0.15) is 0 Å². The van der Waals surface area contributed by atoms with Gasteiger partial charge in [0.15, 0.2) is 6.79 Å². The molecular weight excluding hydrogens is 296 g/mol. The second-order valence-electron chi connectivity index (χ2n) is 6.52. The van der Waals surface area contributed by atoms with Gasteiger partial charge in [-0.3, -0.25) is 15.0 Å². The van der Waals surface area contributed by atoms with Crippen molar-refractivity contribution in [3.8, 4) is 5.75 Å². The van der Waals surface area contributed by atoms with Gasteiger partial charge >= 0.3 is 0 Å². The molecule has 0 atom stereocenters. The number of hydrogen-bond acceptors (Lipinski definition) is 5. The first-order valence-corrected chi connectivity index (χ1v) is 8.36. The molecule has 1 aromatic carbocycles. The summed E-state index contributed by atoms with van der Waals surface area (Å²) in [6, 6.07) is 3.76. The van der Waals surface area contributed by atoms with Crippen LogP contribution in [0.25, 0.3) is 0 Å². The molecule has 6 nitrogen and oxygen atoms in total. The lowest BCUT2D eigenvalue weighted by Gasteiger charge is -2.29. The van der Waals surface area contributed by atoms with Gasteiger partial charge in [-0.1, -0.05) is 25.7 Å². The molecule has 1 aromatic rings. The van der Waals surface area contributed by atoms with E-state index in [0.29, 0.717) is 19.2 Å². The fourth-order valence-corrected chi connectivity index (χ4v) is 3.60. The molecule has 2 aliphatic rings. The van der Waals surface area contributed by atoms with Crippen LogP contribution in [0.4, 0.5) is 5.69 Å². The maximum atomic E-state index is 11.2. The number of nitro benzene ring substituents is 1. The van der Waals surface area contributed by atoms with Crippen LogP contribution in [-0.4, -0.2) is 29.7 Å². The van der Waals surface area contributed by atoms with Crippen molar-refractivity contribution in [1.82, 2.24) is 4.90 Å². The van der Waals surface area contributed by atoms with E-state index in [1.807, 2.05) is 0 Å². The van der Waals surface area contributed by atoms with Crippen LogP contribution in [0, 0.1) is 10.1 Å². The molecule has 1 aliphatic carbocycles. The second kappa shape index (κ2) is 7.27. The Morgan fingerprint density at radius 3 is 2.70 bits per heavy atom. The smallest absolute Gasteiger partial charge is 0.270 e. The number of nitro groups is 1. The molecule has 0 saturated heterocycles. The summed E-state index contributed by atoms with van der Waals surface area (Å²) in [5, 5.41) is 11.2. The summed E-state index contributed by atoms with van der Waals surface area (Å²) in [5.41, 5.74) is 1.78. The van der Waals surface area contributed by atoms with E-state index in [-0.39, 0.29) is 17.4 Å². The van der Waals surface area contributed by atoms with Crippen LogP contribution in [0.2, 0.25) is 0 Å². The Balaban J connectivity index is 1.82. The summed E-state index contributed by atoms with van der Waals surface area (Å²) in [6.07, 6.45) is 7.59. The first-order valence-electron chi connectivity index (χ1n) is 8.36. The summed E-state index contributed by atoms with van der Waals surface area (Å²) >= 11 is 0. The summed E-state index contributed by atoms with van der Waals surface area (Å²) in [4.78, 5) is 13.2. The zero-order valence-electron chi connectivity index (χ0n) is 13.6. The molecule has 0 amide bonds. The van der Waals surface area contributed by atoms with Gasteiger partial charge in [0.1, 0.15) is 5.75 Å². The quantitative estimate of drug-likeness (QED) is 0.481. The molecule has 0 N–H and O–H groups in total. The van der Waals surface area contributed by atoms with Gasteiger partial charge in [-0.05, 0) is 19.9 Å². The lowest BCUT2D eigenvalue weighted by molar-refractivity contribution is -0.385. The van der Waals surface area contributed by atoms with Gasteiger partial charge in [0.05, 0.1) is 11.5 Å². The highest BCUT2D eigenvalue weighted by Gasteiger charge is 2.24. The standard InChI is InChI=1S/C17H24N2O4/c1-18(15-6-4-2-3-5-7-15)10-13-8-16(19(20)21)9-14-11-22-12-23-17(13)14/h8-9,15H,2-7,10-12H2,1H3. The molecular formula is C17H24N2O4. The minimum Gasteiger partial charge on any atom is -0.467 e. The lowest BCUT2D eigenvalue weighted by Crippen LogP contribution is -2.31. The second-order valence-corrected chi connectivity index (χ2v) is 6.52. The molecule has 0 unspecified atom stereocenters. The Labute approximate surface area is 136 Å². The highest BCUT2D eigenvalue weighted by molar-refractivity contribution is 5.50. The minimum absolute atomic E-state index is 0.113. The molecule has 6 heteroatoms. The molecule has 0 bridgehead atoms. The number of non-ortho nitro benzene ring substituents is 1. The van der Waals surface area contributed by atoms with E-state index in [2.05, 4.69) is 11.9 Å². The fourth-order valence-electron chi connectivity index (χ4n) is 3.60. The Hall–Kier alpha value is -1.66. The Morgan fingerprint density at radius 2 is 2.00 bits per heavy atom. The van der Waals surface area contributed by atoms with E-state index in [4.69, 9.17) is 9.47 Å². The van der Waals surface area contributed by atoms with Crippen LogP contribution in [0.5, 0.6) is 5.75 Å². The number of benzene rings is 1. The average molecular weight is 320 g/mol. The molecule has 0 aromatic heterocycles. The topological polar surface area (TPSA) is 64.8 Å². The number of hydrogen-bond donors (Lipinski definition) is 0. The molecule has 3 rings (SSSR count). The molecule has 23 heavy (non-hydrogen) atoms. The van der Waals surface area contributed by atoms with Crippen LogP contribution >= 0.6 is 0 Å². The van der Waals surface area contributed by atoms with Crippen molar-refractivity contribution in [3.05, 3.63) is 33.4 Å². The highest BCUT2D eigenvalue weighted by Crippen LogP contribution is 2.34. The number of ether oxygens (including phenoxy) is 2. The fraction of sp³-hybridized carbons (Fsp3) is 0.647. The molecule has 1 heterocycles. The van der Waals surface area contributed by atoms with Crippen molar-refractivity contribution in [1.29, 1.82) is 0 Å². The zero-order valence-corrected chi connectivity index (χ0v) is 13.6. The van der Waals surface area contributed by atoms with Gasteiger partial charge < -0.3 is 9.47 Å². The van der Waals surface area contributed by atoms with Crippen LogP contribution in [0.1, 0.15) is 49.7 Å². The molecule has 0 radical (unpaired) electrons. The van der Waals surface area contributed by atoms with Crippen molar-refractivity contribution in [2.24, 2.45) is 0 Å². The average Bonchev–Trinajstić information content (AvgIpc) is 2.84. The minimum atomic E-state index is -0.343. The van der Waals surface area contributed by atoms with Crippen molar-refractivity contribution in [2.75, 3.05) is 13.8 Å². The van der Waals surface area contributed by atoms with Gasteiger partial charge in [0, 0.05) is 35.8 Å². The summed E-state index contributed by atoms with van der Waals surface area (Å²) in [7, 11) is 2.11. The predicted molar refractivity (Wildman–Crippen MR) is 86.3 cm³/mol. The summed E-state index contributed by atoms with van der Waals surface area (Å²) in [5.74, 6) is 0.766. The number of nitrogens with zero attached hydrogens (tertiary/aromatic N) is 2. The van der Waals surface area contributed by atoms with E-state index in [0.717, 1.165) is 16.9 Å². The van der Waals surface area contributed by atoms with Crippen molar-refractivity contribution < 1.29 is 14.4 Å². The Kier molecular flexibility index (Phi) is 5.13. The van der Waals surface area contributed by atoms with Crippen LogP contribution in [0.15, 0.2) is 12.1 Å². The third-order valence-electron chi connectivity index (χ3n) is 4.85. The summed E-state index contributed by atoms with van der Waals surface area (Å²) < 4.78 is 10.9. The van der Waals surface area contributed by atoms with Gasteiger partial charge in [-0.15, -0.1) is 0 Å². The van der Waals surface area contributed by atoms with E-state index in [1.54, 1.807) is 12.1 Å². The SMILES string of the molecule is CN(Cc1cc([N+](=O)[O-])cc2c1OCOC2)C1CCCCCC1. The maximum absolute atomic E-state index is 11.2. The van der Waals surface area contributed by atoms with Crippen LogP contribution in [-0.2, 0) is 17.9 Å². The van der Waals surface area contributed by atoms with E-state index < -0.39 is 0 Å². The van der Waals surface area contributed by atoms with Crippen LogP contribution in [0.3, 0.4) is 0 Å². The molecule has 1 aliphatic heterocycles. The third kappa shape index (κ3) is 3.82. The maximum Gasteiger partial charge on any atom is 0.270 e. The van der Waals surface area contributed by atoms with Crippen molar-refractivity contribution >= 4 is 5.69 Å². The van der Waals surface area contributed by atoms with Crippen LogP contribution < -0.4 is 4.74 Å². The lowest BCUT2D eigenvalue weighted by atomic mass is 10.0. The van der Waals surface area contributed by atoms with Gasteiger partial charge in [0.25, 0.3) is 5.69 Å². The van der Waals surface area contributed by atoms with E-state index in [9.17, 15) is 10.1 Å². The summed E-state index contributed by atoms with van der Waals surface area (Å²) in [6.45, 7) is 1.26. The Bertz CT molecular complexity index is 568. The Morgan fingerprint density at radius 1 is 1.26 bits per heavy atom. The zero-order chi connectivity index (χ0) is 16.2. The molecule has 1 saturated carbocycles. The van der Waals surface area contributed by atoms with Gasteiger partial charge in [0.2, 0.25) is 0 Å². The van der Waals surface area contributed by atoms with Gasteiger partial charge in [-0.25, -0.2) is 0 Å². The van der Waals surface area contributed by atoms with Crippen molar-refractivity contribution in [3.63, 3.8) is 0 Å². The van der Waals surface area contributed by atoms with E-state index >= 15 is 0 Å². The highest BCUT2D eigenvalue weighted by atomic mass is 16.7.